The minimum atomic E-state index is -0.606. The van der Waals surface area contributed by atoms with Gasteiger partial charge in [-0.1, -0.05) is 24.3 Å². The Morgan fingerprint density at radius 2 is 2.14 bits per heavy atom. The smallest absolute Gasteiger partial charge is 0.251 e. The number of β-amino-alcohol motifs (C(OH)–C–C–N with tert-alkyl or cyclic N) is 1. The number of nitrogens with zero attached hydrogens (tertiary/aromatic N) is 2. The van der Waals surface area contributed by atoms with Crippen molar-refractivity contribution in [2.75, 3.05) is 38.0 Å². The van der Waals surface area contributed by atoms with E-state index in [4.69, 9.17) is 0 Å². The number of pyridine rings is 1. The molecule has 29 heavy (non-hydrogen) atoms. The van der Waals surface area contributed by atoms with Gasteiger partial charge in [-0.3, -0.25) is 9.69 Å². The van der Waals surface area contributed by atoms with Crippen molar-refractivity contribution in [2.24, 2.45) is 0 Å². The molecule has 2 aliphatic heterocycles. The standard InChI is InChI=1S/C22H29N5O2/c1-15-9-24-21(26-18-10-23-11-18)8-20(15)22(29)25-12-19(28)14-27-7-6-16-4-2-3-5-17(16)13-27/h2-5,8-9,18-19,23,28H,6-7,10-14H2,1H3,(H,24,26)(H,25,29). The molecular weight excluding hydrogens is 366 g/mol. The summed E-state index contributed by atoms with van der Waals surface area (Å²) in [5.74, 6) is 0.530. The number of aryl methyl sites for hydroxylation is 1. The second-order valence-electron chi connectivity index (χ2n) is 8.00. The molecule has 1 saturated heterocycles. The fraction of sp³-hybridized carbons (Fsp3) is 0.455. The van der Waals surface area contributed by atoms with Crippen LogP contribution in [-0.2, 0) is 13.0 Å². The van der Waals surface area contributed by atoms with Crippen LogP contribution < -0.4 is 16.0 Å². The molecule has 1 amide bonds. The van der Waals surface area contributed by atoms with Crippen LogP contribution in [0.25, 0.3) is 0 Å². The second kappa shape index (κ2) is 8.90. The molecule has 3 heterocycles. The summed E-state index contributed by atoms with van der Waals surface area (Å²) in [6.07, 6.45) is 2.10. The number of nitrogens with one attached hydrogen (secondary N) is 3. The molecule has 7 heteroatoms. The summed E-state index contributed by atoms with van der Waals surface area (Å²) in [5.41, 5.74) is 4.13. The van der Waals surface area contributed by atoms with E-state index in [1.807, 2.05) is 6.92 Å². The van der Waals surface area contributed by atoms with Gasteiger partial charge in [0.2, 0.25) is 0 Å². The van der Waals surface area contributed by atoms with Gasteiger partial charge in [-0.25, -0.2) is 4.98 Å². The van der Waals surface area contributed by atoms with Gasteiger partial charge in [-0.15, -0.1) is 0 Å². The lowest BCUT2D eigenvalue weighted by Gasteiger charge is -2.30. The Morgan fingerprint density at radius 1 is 1.34 bits per heavy atom. The second-order valence-corrected chi connectivity index (χ2v) is 8.00. The minimum Gasteiger partial charge on any atom is -0.390 e. The average molecular weight is 396 g/mol. The van der Waals surface area contributed by atoms with Crippen LogP contribution in [0.1, 0.15) is 27.0 Å². The number of anilines is 1. The van der Waals surface area contributed by atoms with Crippen molar-refractivity contribution >= 4 is 11.7 Å². The summed E-state index contributed by atoms with van der Waals surface area (Å²) in [6, 6.07) is 10.6. The Labute approximate surface area is 171 Å². The molecular formula is C22H29N5O2. The predicted octanol–water partition coefficient (Wildman–Crippen LogP) is 0.923. The highest BCUT2D eigenvalue weighted by Gasteiger charge is 2.20. The Bertz CT molecular complexity index is 868. The number of carbonyl (C=O) groups excluding carboxylic acids is 1. The lowest BCUT2D eigenvalue weighted by atomic mass is 10.00. The van der Waals surface area contributed by atoms with E-state index in [0.29, 0.717) is 24.0 Å². The van der Waals surface area contributed by atoms with Crippen LogP contribution in [0.15, 0.2) is 36.5 Å². The summed E-state index contributed by atoms with van der Waals surface area (Å²) in [4.78, 5) is 19.2. The zero-order chi connectivity index (χ0) is 20.2. The number of rotatable bonds is 7. The van der Waals surface area contributed by atoms with Crippen molar-refractivity contribution in [1.82, 2.24) is 20.5 Å². The number of hydrogen-bond acceptors (Lipinski definition) is 6. The lowest BCUT2D eigenvalue weighted by Crippen LogP contribution is -2.51. The highest BCUT2D eigenvalue weighted by molar-refractivity contribution is 5.96. The number of aliphatic hydroxyl groups excluding tert-OH is 1. The molecule has 4 rings (SSSR count). The van der Waals surface area contributed by atoms with Crippen LogP contribution in [-0.4, -0.2) is 65.8 Å². The molecule has 0 aliphatic carbocycles. The largest absolute Gasteiger partial charge is 0.390 e. The Kier molecular flexibility index (Phi) is 6.08. The summed E-state index contributed by atoms with van der Waals surface area (Å²) < 4.78 is 0. The molecule has 2 aromatic rings. The van der Waals surface area contributed by atoms with E-state index < -0.39 is 6.10 Å². The first-order valence-corrected chi connectivity index (χ1v) is 10.3. The van der Waals surface area contributed by atoms with Crippen molar-refractivity contribution in [3.63, 3.8) is 0 Å². The Balaban J connectivity index is 1.28. The number of hydrogen-bond donors (Lipinski definition) is 4. The molecule has 0 bridgehead atoms. The van der Waals surface area contributed by atoms with Gasteiger partial charge in [0.1, 0.15) is 5.82 Å². The van der Waals surface area contributed by atoms with Crippen LogP contribution >= 0.6 is 0 Å². The molecule has 1 fully saturated rings. The summed E-state index contributed by atoms with van der Waals surface area (Å²) in [6.45, 7) is 6.23. The van der Waals surface area contributed by atoms with E-state index >= 15 is 0 Å². The molecule has 2 aliphatic rings. The molecule has 1 aromatic heterocycles. The molecule has 0 radical (unpaired) electrons. The summed E-state index contributed by atoms with van der Waals surface area (Å²) in [5, 5.41) is 19.8. The van der Waals surface area contributed by atoms with Gasteiger partial charge in [0.15, 0.2) is 0 Å². The molecule has 1 aromatic carbocycles. The predicted molar refractivity (Wildman–Crippen MR) is 113 cm³/mol. The van der Waals surface area contributed by atoms with E-state index in [-0.39, 0.29) is 12.5 Å². The van der Waals surface area contributed by atoms with Crippen molar-refractivity contribution in [3.8, 4) is 0 Å². The number of fused-ring (bicyclic) bond motifs is 1. The highest BCUT2D eigenvalue weighted by atomic mass is 16.3. The third-order valence-electron chi connectivity index (χ3n) is 5.66. The maximum atomic E-state index is 12.6. The third-order valence-corrected chi connectivity index (χ3v) is 5.66. The first-order valence-electron chi connectivity index (χ1n) is 10.3. The van der Waals surface area contributed by atoms with E-state index in [0.717, 1.165) is 38.2 Å². The van der Waals surface area contributed by atoms with Crippen LogP contribution in [0, 0.1) is 6.92 Å². The Morgan fingerprint density at radius 3 is 2.90 bits per heavy atom. The summed E-state index contributed by atoms with van der Waals surface area (Å²) in [7, 11) is 0. The van der Waals surface area contributed by atoms with Gasteiger partial charge < -0.3 is 21.1 Å². The molecule has 0 saturated carbocycles. The maximum absolute atomic E-state index is 12.6. The first-order chi connectivity index (χ1) is 14.1. The van der Waals surface area contributed by atoms with Crippen LogP contribution in [0.3, 0.4) is 0 Å². The van der Waals surface area contributed by atoms with Gasteiger partial charge in [0.25, 0.3) is 5.91 Å². The third kappa shape index (κ3) is 4.93. The maximum Gasteiger partial charge on any atom is 0.251 e. The fourth-order valence-corrected chi connectivity index (χ4v) is 3.83. The SMILES string of the molecule is Cc1cnc(NC2CNC2)cc1C(=O)NCC(O)CN1CCc2ccccc2C1. The number of aromatic nitrogens is 1. The van der Waals surface area contributed by atoms with E-state index in [9.17, 15) is 9.90 Å². The molecule has 1 atom stereocenters. The average Bonchev–Trinajstić information content (AvgIpc) is 2.70. The van der Waals surface area contributed by atoms with Crippen molar-refractivity contribution < 1.29 is 9.90 Å². The molecule has 4 N–H and O–H groups in total. The van der Waals surface area contributed by atoms with Crippen molar-refractivity contribution in [2.45, 2.75) is 32.0 Å². The van der Waals surface area contributed by atoms with Crippen LogP contribution in [0.4, 0.5) is 5.82 Å². The number of aliphatic hydroxyl groups is 1. The van der Waals surface area contributed by atoms with Gasteiger partial charge in [0, 0.05) is 51.0 Å². The topological polar surface area (TPSA) is 89.5 Å². The fourth-order valence-electron chi connectivity index (χ4n) is 3.83. The lowest BCUT2D eigenvalue weighted by molar-refractivity contribution is 0.0841. The van der Waals surface area contributed by atoms with E-state index in [1.54, 1.807) is 12.3 Å². The van der Waals surface area contributed by atoms with Gasteiger partial charge in [-0.2, -0.15) is 0 Å². The van der Waals surface area contributed by atoms with Crippen LogP contribution in [0.2, 0.25) is 0 Å². The van der Waals surface area contributed by atoms with Crippen molar-refractivity contribution in [3.05, 3.63) is 58.8 Å². The molecule has 1 unspecified atom stereocenters. The normalized spacial score (nSPS) is 17.9. The van der Waals surface area contributed by atoms with E-state index in [1.165, 1.54) is 11.1 Å². The first kappa shape index (κ1) is 19.8. The highest BCUT2D eigenvalue weighted by Crippen LogP contribution is 2.18. The zero-order valence-electron chi connectivity index (χ0n) is 16.8. The number of amides is 1. The quantitative estimate of drug-likeness (QED) is 0.558. The zero-order valence-corrected chi connectivity index (χ0v) is 16.8. The monoisotopic (exact) mass is 395 g/mol. The minimum absolute atomic E-state index is 0.178. The Hall–Kier alpha value is -2.48. The van der Waals surface area contributed by atoms with Gasteiger partial charge in [-0.05, 0) is 36.1 Å². The molecule has 154 valence electrons. The summed E-state index contributed by atoms with van der Waals surface area (Å²) >= 11 is 0. The van der Waals surface area contributed by atoms with Crippen molar-refractivity contribution in [1.29, 1.82) is 0 Å². The number of carbonyl (C=O) groups is 1. The number of benzene rings is 1. The van der Waals surface area contributed by atoms with E-state index in [2.05, 4.69) is 50.1 Å². The van der Waals surface area contributed by atoms with Crippen LogP contribution in [0.5, 0.6) is 0 Å². The molecule has 7 nitrogen and oxygen atoms in total. The van der Waals surface area contributed by atoms with Gasteiger partial charge >= 0.3 is 0 Å². The van der Waals surface area contributed by atoms with Gasteiger partial charge in [0.05, 0.1) is 12.1 Å². The molecule has 0 spiro atoms.